The standard InChI is InChI=1S/C17H15N3O/c1-10-6-15-16(7-11(10)2)20-17(19-15)13(9-18)8-14-5-4-12(3)21-14/h4-8H,1-3H3,(H,19,20)/b13-8-. The van der Waals surface area contributed by atoms with Gasteiger partial charge in [-0.2, -0.15) is 5.26 Å². The summed E-state index contributed by atoms with van der Waals surface area (Å²) in [6, 6.07) is 9.95. The van der Waals surface area contributed by atoms with E-state index in [4.69, 9.17) is 4.42 Å². The van der Waals surface area contributed by atoms with E-state index in [0.717, 1.165) is 16.8 Å². The van der Waals surface area contributed by atoms with Crippen molar-refractivity contribution in [1.29, 1.82) is 5.26 Å². The number of nitriles is 1. The van der Waals surface area contributed by atoms with E-state index >= 15 is 0 Å². The average Bonchev–Trinajstić information content (AvgIpc) is 3.03. The van der Waals surface area contributed by atoms with Gasteiger partial charge in [-0.1, -0.05) is 0 Å². The number of H-pyrrole nitrogens is 1. The van der Waals surface area contributed by atoms with E-state index < -0.39 is 0 Å². The van der Waals surface area contributed by atoms with Gasteiger partial charge in [-0.05, 0) is 56.2 Å². The second kappa shape index (κ2) is 4.95. The zero-order valence-corrected chi connectivity index (χ0v) is 12.2. The molecular weight excluding hydrogens is 262 g/mol. The zero-order chi connectivity index (χ0) is 15.0. The second-order valence-corrected chi connectivity index (χ2v) is 5.16. The Hall–Kier alpha value is -2.80. The van der Waals surface area contributed by atoms with Crippen LogP contribution in [0.5, 0.6) is 0 Å². The van der Waals surface area contributed by atoms with Crippen LogP contribution in [0.2, 0.25) is 0 Å². The molecule has 3 rings (SSSR count). The van der Waals surface area contributed by atoms with Gasteiger partial charge in [0.05, 0.1) is 16.6 Å². The fourth-order valence-electron chi connectivity index (χ4n) is 2.22. The molecule has 0 atom stereocenters. The summed E-state index contributed by atoms with van der Waals surface area (Å²) in [7, 11) is 0. The summed E-state index contributed by atoms with van der Waals surface area (Å²) >= 11 is 0. The highest BCUT2D eigenvalue weighted by molar-refractivity contribution is 5.89. The van der Waals surface area contributed by atoms with Crippen molar-refractivity contribution in [3.05, 3.63) is 52.7 Å². The third-order valence-electron chi connectivity index (χ3n) is 3.52. The number of aromatic nitrogens is 2. The summed E-state index contributed by atoms with van der Waals surface area (Å²) in [4.78, 5) is 7.70. The minimum Gasteiger partial charge on any atom is -0.462 e. The van der Waals surface area contributed by atoms with E-state index in [1.165, 1.54) is 11.1 Å². The van der Waals surface area contributed by atoms with Crippen LogP contribution in [-0.4, -0.2) is 9.97 Å². The van der Waals surface area contributed by atoms with Crippen LogP contribution in [0.15, 0.2) is 28.7 Å². The maximum Gasteiger partial charge on any atom is 0.149 e. The third-order valence-corrected chi connectivity index (χ3v) is 3.52. The minimum atomic E-state index is 0.454. The SMILES string of the molecule is Cc1ccc(/C=C(/C#N)c2nc3cc(C)c(C)cc3[nH]2)o1. The van der Waals surface area contributed by atoms with Crippen LogP contribution in [0.4, 0.5) is 0 Å². The van der Waals surface area contributed by atoms with Gasteiger partial charge < -0.3 is 9.40 Å². The van der Waals surface area contributed by atoms with Gasteiger partial charge in [0.1, 0.15) is 23.4 Å². The normalized spacial score (nSPS) is 11.8. The van der Waals surface area contributed by atoms with Gasteiger partial charge >= 0.3 is 0 Å². The molecule has 21 heavy (non-hydrogen) atoms. The van der Waals surface area contributed by atoms with Gasteiger partial charge in [-0.15, -0.1) is 0 Å². The molecule has 0 aliphatic carbocycles. The average molecular weight is 277 g/mol. The number of rotatable bonds is 2. The van der Waals surface area contributed by atoms with Crippen molar-refractivity contribution in [2.24, 2.45) is 0 Å². The third kappa shape index (κ3) is 2.46. The quantitative estimate of drug-likeness (QED) is 0.716. The summed E-state index contributed by atoms with van der Waals surface area (Å²) in [6.07, 6.45) is 1.70. The topological polar surface area (TPSA) is 65.6 Å². The van der Waals surface area contributed by atoms with Gasteiger partial charge in [0.15, 0.2) is 0 Å². The van der Waals surface area contributed by atoms with Crippen LogP contribution < -0.4 is 0 Å². The van der Waals surface area contributed by atoms with Gasteiger partial charge in [-0.3, -0.25) is 0 Å². The molecule has 0 spiro atoms. The van der Waals surface area contributed by atoms with E-state index in [1.807, 2.05) is 31.2 Å². The van der Waals surface area contributed by atoms with Crippen molar-refractivity contribution >= 4 is 22.7 Å². The Balaban J connectivity index is 2.09. The molecule has 0 bridgehead atoms. The molecule has 1 aromatic carbocycles. The van der Waals surface area contributed by atoms with Crippen LogP contribution in [-0.2, 0) is 0 Å². The molecule has 0 radical (unpaired) electrons. The first-order valence-electron chi connectivity index (χ1n) is 6.72. The highest BCUT2D eigenvalue weighted by Gasteiger charge is 2.10. The smallest absolute Gasteiger partial charge is 0.149 e. The molecule has 4 heteroatoms. The van der Waals surface area contributed by atoms with Crippen molar-refractivity contribution in [3.63, 3.8) is 0 Å². The number of hydrogen-bond acceptors (Lipinski definition) is 3. The van der Waals surface area contributed by atoms with Crippen molar-refractivity contribution < 1.29 is 4.42 Å². The maximum atomic E-state index is 9.36. The fourth-order valence-corrected chi connectivity index (χ4v) is 2.22. The number of aryl methyl sites for hydroxylation is 3. The van der Waals surface area contributed by atoms with E-state index in [-0.39, 0.29) is 0 Å². The minimum absolute atomic E-state index is 0.454. The lowest BCUT2D eigenvalue weighted by molar-refractivity contribution is 0.525. The predicted molar refractivity (Wildman–Crippen MR) is 82.5 cm³/mol. The number of benzene rings is 1. The lowest BCUT2D eigenvalue weighted by Gasteiger charge is -1.97. The molecule has 104 valence electrons. The molecule has 0 fully saturated rings. The molecule has 0 amide bonds. The van der Waals surface area contributed by atoms with Crippen LogP contribution in [0.3, 0.4) is 0 Å². The molecule has 0 aliphatic heterocycles. The lowest BCUT2D eigenvalue weighted by Crippen LogP contribution is -1.84. The predicted octanol–water partition coefficient (Wildman–Crippen LogP) is 4.15. The summed E-state index contributed by atoms with van der Waals surface area (Å²) in [5.41, 5.74) is 4.64. The van der Waals surface area contributed by atoms with Crippen LogP contribution in [0.1, 0.15) is 28.5 Å². The molecule has 1 N–H and O–H groups in total. The largest absolute Gasteiger partial charge is 0.462 e. The molecule has 2 aromatic heterocycles. The number of nitrogens with zero attached hydrogens (tertiary/aromatic N) is 2. The molecule has 4 nitrogen and oxygen atoms in total. The Bertz CT molecular complexity index is 852. The summed E-state index contributed by atoms with van der Waals surface area (Å²) in [5.74, 6) is 2.03. The number of fused-ring (bicyclic) bond motifs is 1. The number of imidazole rings is 1. The number of allylic oxidation sites excluding steroid dienone is 1. The Morgan fingerprint density at radius 1 is 1.24 bits per heavy atom. The lowest BCUT2D eigenvalue weighted by atomic mass is 10.1. The Morgan fingerprint density at radius 2 is 2.00 bits per heavy atom. The second-order valence-electron chi connectivity index (χ2n) is 5.16. The highest BCUT2D eigenvalue weighted by atomic mass is 16.3. The Kier molecular flexibility index (Phi) is 3.11. The molecule has 0 aliphatic rings. The van der Waals surface area contributed by atoms with Crippen molar-refractivity contribution in [2.45, 2.75) is 20.8 Å². The van der Waals surface area contributed by atoms with Crippen molar-refractivity contribution in [2.75, 3.05) is 0 Å². The van der Waals surface area contributed by atoms with Gasteiger partial charge in [0, 0.05) is 6.08 Å². The summed E-state index contributed by atoms with van der Waals surface area (Å²) in [5, 5.41) is 9.36. The first kappa shape index (κ1) is 13.2. The molecule has 3 aromatic rings. The monoisotopic (exact) mass is 277 g/mol. The molecule has 0 saturated carbocycles. The van der Waals surface area contributed by atoms with Crippen LogP contribution in [0.25, 0.3) is 22.7 Å². The molecule has 0 saturated heterocycles. The van der Waals surface area contributed by atoms with Gasteiger partial charge in [-0.25, -0.2) is 4.98 Å². The first-order valence-corrected chi connectivity index (χ1v) is 6.72. The number of furan rings is 1. The summed E-state index contributed by atoms with van der Waals surface area (Å²) in [6.45, 7) is 5.98. The van der Waals surface area contributed by atoms with Gasteiger partial charge in [0.25, 0.3) is 0 Å². The highest BCUT2D eigenvalue weighted by Crippen LogP contribution is 2.22. The number of nitrogens with one attached hydrogen (secondary N) is 1. The zero-order valence-electron chi connectivity index (χ0n) is 12.2. The molecular formula is C17H15N3O. The van der Waals surface area contributed by atoms with E-state index in [1.54, 1.807) is 6.08 Å². The fraction of sp³-hybridized carbons (Fsp3) is 0.176. The van der Waals surface area contributed by atoms with E-state index in [9.17, 15) is 5.26 Å². The number of aromatic amines is 1. The van der Waals surface area contributed by atoms with Crippen molar-refractivity contribution in [3.8, 4) is 6.07 Å². The van der Waals surface area contributed by atoms with E-state index in [2.05, 4.69) is 29.9 Å². The van der Waals surface area contributed by atoms with Gasteiger partial charge in [0.2, 0.25) is 0 Å². The van der Waals surface area contributed by atoms with E-state index in [0.29, 0.717) is 17.2 Å². The maximum absolute atomic E-state index is 9.36. The Labute approximate surface area is 122 Å². The number of hydrogen-bond donors (Lipinski definition) is 1. The Morgan fingerprint density at radius 3 is 2.67 bits per heavy atom. The summed E-state index contributed by atoms with van der Waals surface area (Å²) < 4.78 is 5.48. The van der Waals surface area contributed by atoms with Crippen molar-refractivity contribution in [1.82, 2.24) is 9.97 Å². The molecule has 0 unspecified atom stereocenters. The van der Waals surface area contributed by atoms with Crippen LogP contribution in [0, 0.1) is 32.1 Å². The van der Waals surface area contributed by atoms with Crippen LogP contribution >= 0.6 is 0 Å². The first-order chi connectivity index (χ1) is 10.1. The molecule has 2 heterocycles.